The highest BCUT2D eigenvalue weighted by Crippen LogP contribution is 2.24. The van der Waals surface area contributed by atoms with E-state index in [0.717, 1.165) is 69.4 Å². The smallest absolute Gasteiger partial charge is 0.244 e. The number of nitrogens with one attached hydrogen (secondary N) is 1. The Morgan fingerprint density at radius 3 is 2.24 bits per heavy atom. The number of hydrogen-bond donors (Lipinski definition) is 1. The summed E-state index contributed by atoms with van der Waals surface area (Å²) < 4.78 is 28.0. The van der Waals surface area contributed by atoms with Crippen molar-refractivity contribution in [3.63, 3.8) is 0 Å². The van der Waals surface area contributed by atoms with Gasteiger partial charge in [-0.15, -0.1) is 0 Å². The zero-order valence-corrected chi connectivity index (χ0v) is 27.0. The van der Waals surface area contributed by atoms with Gasteiger partial charge in [0.15, 0.2) is 0 Å². The van der Waals surface area contributed by atoms with E-state index in [1.807, 2.05) is 74.5 Å². The fraction of sp³-hybridized carbons (Fsp3) is 0.394. The first-order valence-corrected chi connectivity index (χ1v) is 17.1. The van der Waals surface area contributed by atoms with E-state index in [2.05, 4.69) is 21.2 Å². The lowest BCUT2D eigenvalue weighted by atomic mass is 9.94. The number of sulfonamides is 1. The normalized spacial score (nSPS) is 14.7. The van der Waals surface area contributed by atoms with Gasteiger partial charge in [0.1, 0.15) is 12.6 Å². The van der Waals surface area contributed by atoms with E-state index in [4.69, 9.17) is 0 Å². The third kappa shape index (κ3) is 8.67. The highest BCUT2D eigenvalue weighted by atomic mass is 79.9. The minimum Gasteiger partial charge on any atom is -0.352 e. The van der Waals surface area contributed by atoms with Crippen LogP contribution in [0.4, 0.5) is 5.69 Å². The Hall–Kier alpha value is -3.17. The van der Waals surface area contributed by atoms with Gasteiger partial charge in [-0.1, -0.05) is 83.7 Å². The first-order chi connectivity index (χ1) is 20.0. The van der Waals surface area contributed by atoms with Crippen LogP contribution < -0.4 is 9.62 Å². The summed E-state index contributed by atoms with van der Waals surface area (Å²) in [6, 6.07) is 21.8. The molecule has 0 radical (unpaired) electrons. The predicted molar refractivity (Wildman–Crippen MR) is 172 cm³/mol. The molecule has 0 aliphatic heterocycles. The van der Waals surface area contributed by atoms with E-state index in [1.54, 1.807) is 17.0 Å². The van der Waals surface area contributed by atoms with Gasteiger partial charge in [0.25, 0.3) is 0 Å². The standard InChI is InChI=1S/C33H40BrN3O4S/c1-24-17-18-30(19-25(24)2)37(42(3,40)41)23-32(38)36(22-27-13-10-14-28(34)20-27)31(21-26-11-6-4-7-12-26)33(39)35-29-15-8-5-9-16-29/h4,6-7,10-14,17-20,29,31H,5,8-9,15-16,21-23H2,1-3H3,(H,35,39)/t31-/m1/s1. The number of benzene rings is 3. The van der Waals surface area contributed by atoms with Crippen LogP contribution in [-0.4, -0.2) is 50.0 Å². The van der Waals surface area contributed by atoms with Crippen LogP contribution in [0.15, 0.2) is 77.3 Å². The second-order valence-corrected chi connectivity index (χ2v) is 14.1. The monoisotopic (exact) mass is 653 g/mol. The number of aryl methyl sites for hydroxylation is 2. The highest BCUT2D eigenvalue weighted by Gasteiger charge is 2.34. The van der Waals surface area contributed by atoms with Crippen molar-refractivity contribution in [1.29, 1.82) is 0 Å². The van der Waals surface area contributed by atoms with Crippen LogP contribution in [0, 0.1) is 13.8 Å². The average Bonchev–Trinajstić information content (AvgIpc) is 2.95. The van der Waals surface area contributed by atoms with Crippen molar-refractivity contribution in [1.82, 2.24) is 10.2 Å². The third-order valence-electron chi connectivity index (χ3n) is 7.92. The fourth-order valence-electron chi connectivity index (χ4n) is 5.42. The third-order valence-corrected chi connectivity index (χ3v) is 9.56. The fourth-order valence-corrected chi connectivity index (χ4v) is 6.71. The maximum Gasteiger partial charge on any atom is 0.244 e. The number of nitrogens with zero attached hydrogens (tertiary/aromatic N) is 2. The quantitative estimate of drug-likeness (QED) is 0.278. The van der Waals surface area contributed by atoms with Gasteiger partial charge in [-0.05, 0) is 73.2 Å². The van der Waals surface area contributed by atoms with Crippen LogP contribution in [0.5, 0.6) is 0 Å². The van der Waals surface area contributed by atoms with Crippen molar-refractivity contribution < 1.29 is 18.0 Å². The molecule has 0 spiro atoms. The molecular weight excluding hydrogens is 614 g/mol. The van der Waals surface area contributed by atoms with Crippen LogP contribution in [0.25, 0.3) is 0 Å². The largest absolute Gasteiger partial charge is 0.352 e. The Morgan fingerprint density at radius 2 is 1.60 bits per heavy atom. The Kier molecular flexibility index (Phi) is 10.8. The molecule has 1 fully saturated rings. The molecule has 0 heterocycles. The highest BCUT2D eigenvalue weighted by molar-refractivity contribution is 9.10. The summed E-state index contributed by atoms with van der Waals surface area (Å²) >= 11 is 3.51. The average molecular weight is 655 g/mol. The van der Waals surface area contributed by atoms with Crippen molar-refractivity contribution in [2.45, 2.75) is 71.0 Å². The van der Waals surface area contributed by atoms with Gasteiger partial charge in [-0.25, -0.2) is 8.42 Å². The molecule has 42 heavy (non-hydrogen) atoms. The second kappa shape index (κ2) is 14.3. The van der Waals surface area contributed by atoms with Gasteiger partial charge in [-0.2, -0.15) is 0 Å². The Morgan fingerprint density at radius 1 is 0.905 bits per heavy atom. The molecule has 9 heteroatoms. The van der Waals surface area contributed by atoms with Crippen LogP contribution >= 0.6 is 15.9 Å². The summed E-state index contributed by atoms with van der Waals surface area (Å²) in [6.45, 7) is 3.59. The Labute approximate surface area is 258 Å². The molecule has 2 amide bonds. The summed E-state index contributed by atoms with van der Waals surface area (Å²) in [5.41, 5.74) is 4.12. The predicted octanol–water partition coefficient (Wildman–Crippen LogP) is 5.92. The van der Waals surface area contributed by atoms with E-state index in [9.17, 15) is 18.0 Å². The number of carbonyl (C=O) groups excluding carboxylic acids is 2. The number of carbonyl (C=O) groups is 2. The summed E-state index contributed by atoms with van der Waals surface area (Å²) in [6.07, 6.45) is 6.53. The molecule has 3 aromatic carbocycles. The Balaban J connectivity index is 1.73. The molecule has 1 saturated carbocycles. The lowest BCUT2D eigenvalue weighted by Crippen LogP contribution is -2.55. The number of amides is 2. The molecule has 0 unspecified atom stereocenters. The Bertz CT molecular complexity index is 1490. The molecule has 224 valence electrons. The minimum absolute atomic E-state index is 0.0652. The summed E-state index contributed by atoms with van der Waals surface area (Å²) in [5, 5.41) is 3.23. The maximum atomic E-state index is 14.3. The molecule has 0 bridgehead atoms. The van der Waals surface area contributed by atoms with E-state index in [1.165, 1.54) is 0 Å². The maximum absolute atomic E-state index is 14.3. The first-order valence-electron chi connectivity index (χ1n) is 14.4. The molecule has 1 atom stereocenters. The summed E-state index contributed by atoms with van der Waals surface area (Å²) in [5.74, 6) is -0.662. The van der Waals surface area contributed by atoms with E-state index < -0.39 is 28.5 Å². The van der Waals surface area contributed by atoms with E-state index in [-0.39, 0.29) is 18.5 Å². The number of halogens is 1. The van der Waals surface area contributed by atoms with Crippen molar-refractivity contribution >= 4 is 43.5 Å². The second-order valence-electron chi connectivity index (χ2n) is 11.2. The number of hydrogen-bond acceptors (Lipinski definition) is 4. The van der Waals surface area contributed by atoms with Crippen molar-refractivity contribution in [2.24, 2.45) is 0 Å². The van der Waals surface area contributed by atoms with Gasteiger partial charge in [-0.3, -0.25) is 13.9 Å². The molecule has 3 aromatic rings. The SMILES string of the molecule is Cc1ccc(N(CC(=O)N(Cc2cccc(Br)c2)[C@H](Cc2ccccc2)C(=O)NC2CCCCC2)S(C)(=O)=O)cc1C. The van der Waals surface area contributed by atoms with Gasteiger partial charge in [0.2, 0.25) is 21.8 Å². The van der Waals surface area contributed by atoms with Gasteiger partial charge in [0, 0.05) is 23.5 Å². The molecule has 0 aromatic heterocycles. The van der Waals surface area contributed by atoms with Gasteiger partial charge < -0.3 is 10.2 Å². The van der Waals surface area contributed by atoms with Crippen LogP contribution in [0.1, 0.15) is 54.4 Å². The minimum atomic E-state index is -3.81. The van der Waals surface area contributed by atoms with Crippen LogP contribution in [0.2, 0.25) is 0 Å². The number of anilines is 1. The van der Waals surface area contributed by atoms with E-state index >= 15 is 0 Å². The number of rotatable bonds is 11. The lowest BCUT2D eigenvalue weighted by molar-refractivity contribution is -0.140. The molecule has 1 N–H and O–H groups in total. The van der Waals surface area contributed by atoms with Gasteiger partial charge in [0.05, 0.1) is 11.9 Å². The van der Waals surface area contributed by atoms with E-state index in [0.29, 0.717) is 12.1 Å². The molecule has 1 aliphatic rings. The first kappa shape index (κ1) is 31.8. The van der Waals surface area contributed by atoms with Crippen LogP contribution in [-0.2, 0) is 32.6 Å². The van der Waals surface area contributed by atoms with Crippen molar-refractivity contribution in [2.75, 3.05) is 17.1 Å². The molecule has 4 rings (SSSR count). The topological polar surface area (TPSA) is 86.8 Å². The van der Waals surface area contributed by atoms with Crippen molar-refractivity contribution in [3.8, 4) is 0 Å². The molecule has 0 saturated heterocycles. The zero-order chi connectivity index (χ0) is 30.3. The van der Waals surface area contributed by atoms with Crippen LogP contribution in [0.3, 0.4) is 0 Å². The van der Waals surface area contributed by atoms with Gasteiger partial charge >= 0.3 is 0 Å². The summed E-state index contributed by atoms with van der Waals surface area (Å²) in [7, 11) is -3.81. The summed E-state index contributed by atoms with van der Waals surface area (Å²) in [4.78, 5) is 29.8. The zero-order valence-electron chi connectivity index (χ0n) is 24.6. The molecule has 7 nitrogen and oxygen atoms in total. The molecule has 1 aliphatic carbocycles. The molecular formula is C33H40BrN3O4S. The van der Waals surface area contributed by atoms with Crippen molar-refractivity contribution in [3.05, 3.63) is 99.5 Å². The lowest BCUT2D eigenvalue weighted by Gasteiger charge is -2.35.